The summed E-state index contributed by atoms with van der Waals surface area (Å²) in [5.74, 6) is 1.59. The fraction of sp³-hybridized carbons (Fsp3) is 0.650. The molecule has 1 aliphatic heterocycles. The highest BCUT2D eigenvalue weighted by Gasteiger charge is 2.31. The second-order valence-corrected chi connectivity index (χ2v) is 9.90. The van der Waals surface area contributed by atoms with Crippen molar-refractivity contribution in [3.63, 3.8) is 0 Å². The van der Waals surface area contributed by atoms with E-state index in [2.05, 4.69) is 38.6 Å². The van der Waals surface area contributed by atoms with Crippen LogP contribution in [0, 0.1) is 0 Å². The summed E-state index contributed by atoms with van der Waals surface area (Å²) in [6.07, 6.45) is 4.20. The third-order valence-electron chi connectivity index (χ3n) is 5.52. The Bertz CT molecular complexity index is 858. The molecule has 0 bridgehead atoms. The van der Waals surface area contributed by atoms with Crippen molar-refractivity contribution in [2.45, 2.75) is 63.6 Å². The maximum Gasteiger partial charge on any atom is 0.407 e. The van der Waals surface area contributed by atoms with Gasteiger partial charge in [0.15, 0.2) is 0 Å². The molecule has 2 N–H and O–H groups in total. The zero-order valence-corrected chi connectivity index (χ0v) is 17.8. The maximum absolute atomic E-state index is 12.1. The van der Waals surface area contributed by atoms with E-state index in [1.807, 2.05) is 20.8 Å². The average molecular weight is 404 g/mol. The number of nitrogens with zero attached hydrogens (tertiary/aromatic N) is 3. The van der Waals surface area contributed by atoms with Crippen molar-refractivity contribution in [1.82, 2.24) is 20.6 Å². The highest BCUT2D eigenvalue weighted by atomic mass is 32.1. The van der Waals surface area contributed by atoms with Gasteiger partial charge in [-0.3, -0.25) is 0 Å². The Morgan fingerprint density at radius 1 is 1.32 bits per heavy atom. The van der Waals surface area contributed by atoms with E-state index in [-0.39, 0.29) is 12.1 Å². The van der Waals surface area contributed by atoms with Crippen LogP contribution in [0.4, 0.5) is 10.6 Å². The minimum absolute atomic E-state index is 0.138. The first-order valence-corrected chi connectivity index (χ1v) is 10.8. The molecule has 1 amide bonds. The summed E-state index contributed by atoms with van der Waals surface area (Å²) in [4.78, 5) is 25.9. The van der Waals surface area contributed by atoms with Crippen LogP contribution >= 0.6 is 11.3 Å². The van der Waals surface area contributed by atoms with Crippen molar-refractivity contribution < 1.29 is 9.53 Å². The van der Waals surface area contributed by atoms with Gasteiger partial charge >= 0.3 is 6.09 Å². The van der Waals surface area contributed by atoms with Gasteiger partial charge in [-0.1, -0.05) is 0 Å². The van der Waals surface area contributed by atoms with Crippen LogP contribution in [0.25, 0.3) is 10.2 Å². The third kappa shape index (κ3) is 4.07. The van der Waals surface area contributed by atoms with Gasteiger partial charge in [-0.15, -0.1) is 11.3 Å². The third-order valence-corrected chi connectivity index (χ3v) is 6.72. The van der Waals surface area contributed by atoms with E-state index >= 15 is 0 Å². The van der Waals surface area contributed by atoms with Crippen molar-refractivity contribution in [2.24, 2.45) is 0 Å². The predicted molar refractivity (Wildman–Crippen MR) is 112 cm³/mol. The van der Waals surface area contributed by atoms with Gasteiger partial charge in [-0.2, -0.15) is 0 Å². The molecule has 3 heterocycles. The molecular weight excluding hydrogens is 374 g/mol. The molecule has 2 aromatic heterocycles. The SMILES string of the molecule is CN(c1ncnc2sc(C3CNC3)cc12)[C@@H]1CC[C@H](NC(=O)OC(C)(C)C)C1. The normalized spacial score (nSPS) is 22.9. The molecule has 0 aromatic carbocycles. The summed E-state index contributed by atoms with van der Waals surface area (Å²) in [5.41, 5.74) is -0.474. The van der Waals surface area contributed by atoms with Gasteiger partial charge in [0.2, 0.25) is 0 Å². The fourth-order valence-electron chi connectivity index (χ4n) is 3.92. The molecule has 1 saturated carbocycles. The number of carbonyl (C=O) groups excluding carboxylic acids is 1. The maximum atomic E-state index is 12.1. The molecule has 0 unspecified atom stereocenters. The topological polar surface area (TPSA) is 79.4 Å². The minimum Gasteiger partial charge on any atom is -0.444 e. The molecule has 1 saturated heterocycles. The van der Waals surface area contributed by atoms with Crippen molar-refractivity contribution in [2.75, 3.05) is 25.0 Å². The first-order valence-electron chi connectivity index (χ1n) is 9.97. The number of nitrogens with one attached hydrogen (secondary N) is 2. The molecule has 4 rings (SSSR count). The van der Waals surface area contributed by atoms with E-state index in [1.54, 1.807) is 17.7 Å². The van der Waals surface area contributed by atoms with E-state index < -0.39 is 5.60 Å². The predicted octanol–water partition coefficient (Wildman–Crippen LogP) is 3.26. The van der Waals surface area contributed by atoms with Crippen LogP contribution in [0.2, 0.25) is 0 Å². The number of aromatic nitrogens is 2. The van der Waals surface area contributed by atoms with Crippen LogP contribution in [0.5, 0.6) is 0 Å². The van der Waals surface area contributed by atoms with E-state index in [0.29, 0.717) is 12.0 Å². The molecule has 2 atom stereocenters. The van der Waals surface area contributed by atoms with Gasteiger partial charge in [0, 0.05) is 43.0 Å². The van der Waals surface area contributed by atoms with E-state index in [1.165, 1.54) is 4.88 Å². The fourth-order valence-corrected chi connectivity index (χ4v) is 5.01. The van der Waals surface area contributed by atoms with Gasteiger partial charge in [-0.05, 0) is 46.1 Å². The molecule has 2 fully saturated rings. The highest BCUT2D eigenvalue weighted by molar-refractivity contribution is 7.18. The summed E-state index contributed by atoms with van der Waals surface area (Å²) >= 11 is 1.78. The van der Waals surface area contributed by atoms with Crippen LogP contribution in [-0.2, 0) is 4.74 Å². The van der Waals surface area contributed by atoms with Crippen LogP contribution in [0.1, 0.15) is 50.8 Å². The zero-order valence-electron chi connectivity index (χ0n) is 17.0. The first kappa shape index (κ1) is 19.4. The van der Waals surface area contributed by atoms with Gasteiger partial charge in [0.25, 0.3) is 0 Å². The summed E-state index contributed by atoms with van der Waals surface area (Å²) in [5, 5.41) is 7.49. The lowest BCUT2D eigenvalue weighted by atomic mass is 10.0. The highest BCUT2D eigenvalue weighted by Crippen LogP contribution is 2.37. The standard InChI is InChI=1S/C20H29N5O2S/c1-20(2,3)27-19(26)24-13-5-6-14(7-13)25(4)17-15-8-16(12-9-21-10-12)28-18(15)23-11-22-17/h8,11-14,21H,5-7,9-10H2,1-4H3,(H,24,26)/t13-,14+/m0/s1. The van der Waals surface area contributed by atoms with Crippen molar-refractivity contribution in [1.29, 1.82) is 0 Å². The molecule has 2 aromatic rings. The monoisotopic (exact) mass is 403 g/mol. The van der Waals surface area contributed by atoms with E-state index in [4.69, 9.17) is 4.74 Å². The molecule has 1 aliphatic carbocycles. The van der Waals surface area contributed by atoms with Crippen molar-refractivity contribution in [3.05, 3.63) is 17.3 Å². The average Bonchev–Trinajstić information content (AvgIpc) is 3.16. The number of fused-ring (bicyclic) bond motifs is 1. The molecule has 8 heteroatoms. The Labute approximate surface area is 169 Å². The van der Waals surface area contributed by atoms with Gasteiger partial charge in [-0.25, -0.2) is 14.8 Å². The zero-order chi connectivity index (χ0) is 19.9. The Morgan fingerprint density at radius 2 is 2.11 bits per heavy atom. The molecule has 152 valence electrons. The Morgan fingerprint density at radius 3 is 2.79 bits per heavy atom. The first-order chi connectivity index (χ1) is 13.3. The van der Waals surface area contributed by atoms with Crippen LogP contribution in [0.3, 0.4) is 0 Å². The smallest absolute Gasteiger partial charge is 0.407 e. The van der Waals surface area contributed by atoms with E-state index in [0.717, 1.165) is 48.4 Å². The van der Waals surface area contributed by atoms with Crippen molar-refractivity contribution in [3.8, 4) is 0 Å². The minimum atomic E-state index is -0.474. The number of carbonyl (C=O) groups is 1. The molecule has 28 heavy (non-hydrogen) atoms. The second kappa shape index (κ2) is 7.48. The van der Waals surface area contributed by atoms with Crippen LogP contribution in [0.15, 0.2) is 12.4 Å². The Kier molecular flexibility index (Phi) is 5.18. The van der Waals surface area contributed by atoms with E-state index in [9.17, 15) is 4.79 Å². The van der Waals surface area contributed by atoms with Crippen LogP contribution < -0.4 is 15.5 Å². The lowest BCUT2D eigenvalue weighted by Crippen LogP contribution is -2.39. The number of thiophene rings is 1. The molecule has 2 aliphatic rings. The Balaban J connectivity index is 1.44. The van der Waals surface area contributed by atoms with Gasteiger partial charge in [0.05, 0.1) is 5.39 Å². The van der Waals surface area contributed by atoms with Crippen molar-refractivity contribution >= 4 is 33.5 Å². The van der Waals surface area contributed by atoms with Crippen LogP contribution in [-0.4, -0.2) is 53.9 Å². The lowest BCUT2D eigenvalue weighted by Gasteiger charge is -2.27. The summed E-state index contributed by atoms with van der Waals surface area (Å²) < 4.78 is 5.39. The number of hydrogen-bond acceptors (Lipinski definition) is 7. The summed E-state index contributed by atoms with van der Waals surface area (Å²) in [7, 11) is 2.10. The molecule has 0 radical (unpaired) electrons. The second-order valence-electron chi connectivity index (χ2n) is 8.84. The number of alkyl carbamates (subject to hydrolysis) is 1. The number of anilines is 1. The largest absolute Gasteiger partial charge is 0.444 e. The van der Waals surface area contributed by atoms with Gasteiger partial charge < -0.3 is 20.3 Å². The number of rotatable bonds is 4. The van der Waals surface area contributed by atoms with Gasteiger partial charge in [0.1, 0.15) is 22.6 Å². The number of ether oxygens (including phenoxy) is 1. The molecular formula is C20H29N5O2S. The molecule has 7 nitrogen and oxygen atoms in total. The lowest BCUT2D eigenvalue weighted by molar-refractivity contribution is 0.0505. The quantitative estimate of drug-likeness (QED) is 0.816. The summed E-state index contributed by atoms with van der Waals surface area (Å²) in [6.45, 7) is 7.74. The number of amides is 1. The summed E-state index contributed by atoms with van der Waals surface area (Å²) in [6, 6.07) is 2.74. The molecule has 0 spiro atoms. The Hall–Kier alpha value is -1.93. The number of hydrogen-bond donors (Lipinski definition) is 2.